The molecule has 1 aliphatic heterocycles. The standard InChI is InChI=1S/C22H30FN5O3S/c1-14(23)17-12-15-13-24-21(25-16-5-10-27(11-6-16)32(2,30)31)26-19(15)28(20(17)29)18-4-3-7-22(18)8-9-22/h12-14,16,18H,3-11H2,1-2H3,(H,24,25,26)/t14?,18-/m0/s1. The molecule has 174 valence electrons. The number of nitrogens with one attached hydrogen (secondary N) is 1. The second-order valence-electron chi connectivity index (χ2n) is 9.71. The summed E-state index contributed by atoms with van der Waals surface area (Å²) in [5.41, 5.74) is 0.601. The highest BCUT2D eigenvalue weighted by molar-refractivity contribution is 7.88. The molecule has 2 aromatic rings. The van der Waals surface area contributed by atoms with Gasteiger partial charge in [-0.25, -0.2) is 22.1 Å². The SMILES string of the molecule is CC(F)c1cc2cnc(NC3CCN(S(C)(=O)=O)CC3)nc2n([C@H]2CCCC23CC3)c1=O. The molecule has 1 N–H and O–H groups in total. The maximum Gasteiger partial charge on any atom is 0.258 e. The molecule has 8 nitrogen and oxygen atoms in total. The van der Waals surface area contributed by atoms with E-state index in [9.17, 15) is 17.6 Å². The van der Waals surface area contributed by atoms with Crippen molar-refractivity contribution in [1.29, 1.82) is 0 Å². The van der Waals surface area contributed by atoms with Crippen molar-refractivity contribution in [1.82, 2.24) is 18.8 Å². The molecule has 3 heterocycles. The lowest BCUT2D eigenvalue weighted by Gasteiger charge is -2.30. The van der Waals surface area contributed by atoms with Gasteiger partial charge < -0.3 is 5.32 Å². The van der Waals surface area contributed by atoms with Crippen molar-refractivity contribution < 1.29 is 12.8 Å². The van der Waals surface area contributed by atoms with E-state index < -0.39 is 16.2 Å². The zero-order valence-corrected chi connectivity index (χ0v) is 19.4. The van der Waals surface area contributed by atoms with Gasteiger partial charge in [-0.15, -0.1) is 0 Å². The lowest BCUT2D eigenvalue weighted by Crippen LogP contribution is -2.42. The molecule has 2 aromatic heterocycles. The van der Waals surface area contributed by atoms with Crippen LogP contribution in [0.4, 0.5) is 10.3 Å². The van der Waals surface area contributed by atoms with Gasteiger partial charge in [0.1, 0.15) is 11.8 Å². The predicted octanol–water partition coefficient (Wildman–Crippen LogP) is 3.16. The fourth-order valence-corrected chi connectivity index (χ4v) is 6.44. The number of sulfonamides is 1. The zero-order valence-electron chi connectivity index (χ0n) is 18.6. The second-order valence-corrected chi connectivity index (χ2v) is 11.7. The average molecular weight is 464 g/mol. The highest BCUT2D eigenvalue weighted by atomic mass is 32.2. The summed E-state index contributed by atoms with van der Waals surface area (Å²) in [7, 11) is -3.18. The van der Waals surface area contributed by atoms with Gasteiger partial charge >= 0.3 is 0 Å². The molecule has 2 saturated carbocycles. The summed E-state index contributed by atoms with van der Waals surface area (Å²) >= 11 is 0. The molecule has 0 radical (unpaired) electrons. The summed E-state index contributed by atoms with van der Waals surface area (Å²) in [5, 5.41) is 3.99. The molecule has 3 aliphatic rings. The van der Waals surface area contributed by atoms with Crippen LogP contribution < -0.4 is 10.9 Å². The van der Waals surface area contributed by atoms with E-state index in [1.165, 1.54) is 17.5 Å². The van der Waals surface area contributed by atoms with Crippen LogP contribution in [0.2, 0.25) is 0 Å². The van der Waals surface area contributed by atoms with Crippen molar-refractivity contribution in [2.24, 2.45) is 5.41 Å². The summed E-state index contributed by atoms with van der Waals surface area (Å²) in [5.74, 6) is 0.423. The van der Waals surface area contributed by atoms with Gasteiger partial charge in [0.15, 0.2) is 0 Å². The molecule has 1 unspecified atom stereocenters. The van der Waals surface area contributed by atoms with E-state index in [0.29, 0.717) is 42.9 Å². The van der Waals surface area contributed by atoms with E-state index in [-0.39, 0.29) is 28.6 Å². The van der Waals surface area contributed by atoms with E-state index in [1.54, 1.807) is 16.8 Å². The van der Waals surface area contributed by atoms with E-state index >= 15 is 0 Å². The Bertz CT molecular complexity index is 1200. The third kappa shape index (κ3) is 3.81. The van der Waals surface area contributed by atoms with Crippen molar-refractivity contribution in [3.63, 3.8) is 0 Å². The van der Waals surface area contributed by atoms with Crippen LogP contribution in [0.3, 0.4) is 0 Å². The van der Waals surface area contributed by atoms with Crippen LogP contribution in [0.1, 0.15) is 69.6 Å². The molecular weight excluding hydrogens is 433 g/mol. The second kappa shape index (κ2) is 7.76. The largest absolute Gasteiger partial charge is 0.351 e. The van der Waals surface area contributed by atoms with E-state index in [0.717, 1.165) is 32.1 Å². The van der Waals surface area contributed by atoms with Gasteiger partial charge in [-0.3, -0.25) is 9.36 Å². The number of hydrogen-bond donors (Lipinski definition) is 1. The first-order valence-electron chi connectivity index (χ1n) is 11.5. The molecule has 0 amide bonds. The molecule has 10 heteroatoms. The normalized spacial score (nSPS) is 24.8. The van der Waals surface area contributed by atoms with Crippen molar-refractivity contribution in [2.75, 3.05) is 24.7 Å². The zero-order chi connectivity index (χ0) is 22.7. The highest BCUT2D eigenvalue weighted by Gasteiger charge is 2.53. The molecule has 5 rings (SSSR count). The maximum absolute atomic E-state index is 14.3. The van der Waals surface area contributed by atoms with E-state index in [1.807, 2.05) is 0 Å². The molecular formula is C22H30FN5O3S. The van der Waals surface area contributed by atoms with Gasteiger partial charge in [0.25, 0.3) is 5.56 Å². The van der Waals surface area contributed by atoms with E-state index in [2.05, 4.69) is 10.3 Å². The van der Waals surface area contributed by atoms with Gasteiger partial charge in [0, 0.05) is 36.8 Å². The van der Waals surface area contributed by atoms with Crippen LogP contribution in [0.5, 0.6) is 0 Å². The number of fused-ring (bicyclic) bond motifs is 1. The van der Waals surface area contributed by atoms with Crippen molar-refractivity contribution in [2.45, 2.75) is 70.1 Å². The number of hydrogen-bond acceptors (Lipinski definition) is 6. The Morgan fingerprint density at radius 1 is 1.22 bits per heavy atom. The van der Waals surface area contributed by atoms with Crippen LogP contribution in [0, 0.1) is 5.41 Å². The number of nitrogens with zero attached hydrogens (tertiary/aromatic N) is 4. The third-order valence-corrected chi connectivity index (χ3v) is 8.85. The van der Waals surface area contributed by atoms with E-state index in [4.69, 9.17) is 4.98 Å². The monoisotopic (exact) mass is 463 g/mol. The fourth-order valence-electron chi connectivity index (χ4n) is 5.57. The minimum atomic E-state index is -3.18. The maximum atomic E-state index is 14.3. The summed E-state index contributed by atoms with van der Waals surface area (Å²) in [6, 6.07) is 1.69. The molecule has 0 aromatic carbocycles. The summed E-state index contributed by atoms with van der Waals surface area (Å²) in [4.78, 5) is 22.5. The number of halogens is 1. The van der Waals surface area contributed by atoms with Crippen LogP contribution in [-0.2, 0) is 10.0 Å². The minimum Gasteiger partial charge on any atom is -0.351 e. The predicted molar refractivity (Wildman–Crippen MR) is 121 cm³/mol. The number of alkyl halides is 1. The number of rotatable bonds is 5. The Hall–Kier alpha value is -2.07. The molecule has 3 fully saturated rings. The van der Waals surface area contributed by atoms with Crippen molar-refractivity contribution in [3.05, 3.63) is 28.2 Å². The number of aromatic nitrogens is 3. The highest BCUT2D eigenvalue weighted by Crippen LogP contribution is 2.63. The molecule has 0 bridgehead atoms. The fraction of sp³-hybridized carbons (Fsp3) is 0.682. The van der Waals surface area contributed by atoms with Crippen LogP contribution in [0.25, 0.3) is 11.0 Å². The quantitative estimate of drug-likeness (QED) is 0.732. The molecule has 1 saturated heterocycles. The summed E-state index contributed by atoms with van der Waals surface area (Å²) < 4.78 is 41.0. The third-order valence-electron chi connectivity index (χ3n) is 7.55. The first kappa shape index (κ1) is 21.8. The Kier molecular flexibility index (Phi) is 5.28. The Balaban J connectivity index is 1.49. The Morgan fingerprint density at radius 2 is 1.94 bits per heavy atom. The first-order chi connectivity index (χ1) is 15.2. The van der Waals surface area contributed by atoms with Gasteiger partial charge in [-0.05, 0) is 56.9 Å². The average Bonchev–Trinajstić information content (AvgIpc) is 3.40. The topological polar surface area (TPSA) is 97.2 Å². The number of anilines is 1. The van der Waals surface area contributed by atoms with Gasteiger partial charge in [-0.1, -0.05) is 6.42 Å². The summed E-state index contributed by atoms with van der Waals surface area (Å²) in [6.45, 7) is 2.31. The van der Waals surface area contributed by atoms with Crippen LogP contribution in [-0.4, -0.2) is 52.6 Å². The summed E-state index contributed by atoms with van der Waals surface area (Å²) in [6.07, 6.45) is 8.16. The van der Waals surface area contributed by atoms with Gasteiger partial charge in [0.05, 0.1) is 11.8 Å². The lowest BCUT2D eigenvalue weighted by atomic mass is 9.99. The number of piperidine rings is 1. The van der Waals surface area contributed by atoms with Crippen LogP contribution in [0.15, 0.2) is 17.1 Å². The Labute approximate surface area is 187 Å². The molecule has 2 aliphatic carbocycles. The van der Waals surface area contributed by atoms with Crippen molar-refractivity contribution in [3.8, 4) is 0 Å². The molecule has 1 spiro atoms. The van der Waals surface area contributed by atoms with Gasteiger partial charge in [0.2, 0.25) is 16.0 Å². The van der Waals surface area contributed by atoms with Crippen molar-refractivity contribution >= 4 is 27.0 Å². The number of pyridine rings is 1. The first-order valence-corrected chi connectivity index (χ1v) is 13.3. The smallest absolute Gasteiger partial charge is 0.258 e. The lowest BCUT2D eigenvalue weighted by molar-refractivity contribution is 0.331. The van der Waals surface area contributed by atoms with Crippen LogP contribution >= 0.6 is 0 Å². The Morgan fingerprint density at radius 3 is 2.56 bits per heavy atom. The van der Waals surface area contributed by atoms with Gasteiger partial charge in [-0.2, -0.15) is 4.98 Å². The minimum absolute atomic E-state index is 0.0527. The molecule has 2 atom stereocenters. The molecule has 32 heavy (non-hydrogen) atoms.